The largest absolute Gasteiger partial charge is 0.507 e. The van der Waals surface area contributed by atoms with Crippen molar-refractivity contribution in [2.45, 2.75) is 10.4 Å². The Balaban J connectivity index is 1.94. The molecule has 7 nitrogen and oxygen atoms in total. The van der Waals surface area contributed by atoms with Gasteiger partial charge in [-0.2, -0.15) is 0 Å². The van der Waals surface area contributed by atoms with Crippen molar-refractivity contribution in [2.24, 2.45) is 0 Å². The first-order chi connectivity index (χ1) is 14.5. The van der Waals surface area contributed by atoms with E-state index in [2.05, 4.69) is 10.2 Å². The predicted octanol–water partition coefficient (Wildman–Crippen LogP) is 3.89. The van der Waals surface area contributed by atoms with Crippen LogP contribution in [0.2, 0.25) is 0 Å². The van der Waals surface area contributed by atoms with Gasteiger partial charge in [-0.05, 0) is 24.0 Å². The minimum Gasteiger partial charge on any atom is -0.507 e. The van der Waals surface area contributed by atoms with Crippen LogP contribution in [-0.4, -0.2) is 40.4 Å². The number of aliphatic hydroxyl groups excluding tert-OH is 1. The van der Waals surface area contributed by atoms with Crippen LogP contribution < -0.4 is 9.64 Å². The van der Waals surface area contributed by atoms with Crippen LogP contribution in [0.25, 0.3) is 5.76 Å². The van der Waals surface area contributed by atoms with E-state index in [1.807, 2.05) is 6.26 Å². The minimum atomic E-state index is -0.858. The van der Waals surface area contributed by atoms with E-state index < -0.39 is 17.7 Å². The molecule has 1 N–H and O–H groups in total. The number of ketones is 1. The monoisotopic (exact) mass is 439 g/mol. The number of methoxy groups -OCH3 is 1. The molecule has 0 aliphatic carbocycles. The first kappa shape index (κ1) is 20.1. The Morgan fingerprint density at radius 1 is 1.13 bits per heavy atom. The number of carbonyl (C=O) groups excluding carboxylic acids is 2. The van der Waals surface area contributed by atoms with Crippen LogP contribution in [-0.2, 0) is 9.59 Å². The van der Waals surface area contributed by atoms with E-state index in [0.717, 1.165) is 0 Å². The number of Topliss-reactive ketones (excluding diaryl/α,β-unsaturated/α-hetero) is 1. The molecule has 0 bridgehead atoms. The number of nitrogens with zero attached hydrogens (tertiary/aromatic N) is 3. The first-order valence-corrected chi connectivity index (χ1v) is 11.0. The molecular formula is C21H17N3O4S2. The molecule has 1 aromatic heterocycles. The highest BCUT2D eigenvalue weighted by Gasteiger charge is 2.48. The van der Waals surface area contributed by atoms with Gasteiger partial charge in [-0.15, -0.1) is 10.2 Å². The van der Waals surface area contributed by atoms with Crippen molar-refractivity contribution < 1.29 is 19.4 Å². The Morgan fingerprint density at radius 2 is 1.90 bits per heavy atom. The Hall–Kier alpha value is -3.17. The summed E-state index contributed by atoms with van der Waals surface area (Å²) >= 11 is 2.61. The van der Waals surface area contributed by atoms with Gasteiger partial charge in [0, 0.05) is 5.56 Å². The summed E-state index contributed by atoms with van der Waals surface area (Å²) in [4.78, 5) is 27.3. The predicted molar refractivity (Wildman–Crippen MR) is 116 cm³/mol. The number of anilines is 1. The molecular weight excluding hydrogens is 422 g/mol. The van der Waals surface area contributed by atoms with Gasteiger partial charge >= 0.3 is 5.91 Å². The minimum absolute atomic E-state index is 0.000328. The molecule has 0 radical (unpaired) electrons. The molecule has 1 saturated heterocycles. The van der Waals surface area contributed by atoms with Crippen LogP contribution in [0.15, 0.2) is 64.5 Å². The van der Waals surface area contributed by atoms with Crippen molar-refractivity contribution in [1.82, 2.24) is 10.2 Å². The second-order valence-electron chi connectivity index (χ2n) is 6.37. The van der Waals surface area contributed by atoms with Crippen molar-refractivity contribution >= 4 is 45.7 Å². The number of thioether (sulfide) groups is 1. The quantitative estimate of drug-likeness (QED) is 0.212. The Labute approximate surface area is 181 Å². The number of amides is 1. The molecule has 3 aromatic rings. The van der Waals surface area contributed by atoms with Crippen molar-refractivity contribution in [1.29, 1.82) is 0 Å². The van der Waals surface area contributed by atoms with Gasteiger partial charge in [-0.1, -0.05) is 65.6 Å². The van der Waals surface area contributed by atoms with Crippen molar-refractivity contribution in [3.63, 3.8) is 0 Å². The van der Waals surface area contributed by atoms with Crippen molar-refractivity contribution in [3.05, 3.63) is 71.3 Å². The zero-order valence-corrected chi connectivity index (χ0v) is 17.7. The summed E-state index contributed by atoms with van der Waals surface area (Å²) in [5.41, 5.74) is 1.07. The number of aliphatic hydroxyl groups is 1. The molecule has 30 heavy (non-hydrogen) atoms. The zero-order chi connectivity index (χ0) is 21.3. The molecule has 2 heterocycles. The molecule has 152 valence electrons. The lowest BCUT2D eigenvalue weighted by Gasteiger charge is -2.22. The second-order valence-corrected chi connectivity index (χ2v) is 8.38. The van der Waals surface area contributed by atoms with E-state index in [0.29, 0.717) is 26.3 Å². The highest BCUT2D eigenvalue weighted by Crippen LogP contribution is 2.44. The van der Waals surface area contributed by atoms with Gasteiger partial charge in [0.05, 0.1) is 18.7 Å². The summed E-state index contributed by atoms with van der Waals surface area (Å²) in [6, 6.07) is 14.9. The topological polar surface area (TPSA) is 92.6 Å². The van der Waals surface area contributed by atoms with Crippen molar-refractivity contribution in [2.75, 3.05) is 18.3 Å². The van der Waals surface area contributed by atoms with Gasteiger partial charge < -0.3 is 9.84 Å². The van der Waals surface area contributed by atoms with Crippen LogP contribution in [0.4, 0.5) is 5.13 Å². The van der Waals surface area contributed by atoms with Gasteiger partial charge in [0.1, 0.15) is 11.5 Å². The van der Waals surface area contributed by atoms with Crippen LogP contribution in [0.5, 0.6) is 5.75 Å². The standard InChI is InChI=1S/C21H17N3O4S2/c1-28-14-10-6-9-13(11-14)16-15(17(25)12-7-4-3-5-8-12)18(26)19(27)24(16)20-22-23-21(29-2)30-20/h3-11,16,25H,1-2H3/t16-/m0/s1. The van der Waals surface area contributed by atoms with E-state index in [-0.39, 0.29) is 11.3 Å². The molecule has 1 atom stereocenters. The maximum atomic E-state index is 13.0. The van der Waals surface area contributed by atoms with E-state index in [1.165, 1.54) is 35.1 Å². The van der Waals surface area contributed by atoms with E-state index in [9.17, 15) is 14.7 Å². The SMILES string of the molecule is COc1cccc([C@H]2C(=C(O)c3ccccc3)C(=O)C(=O)N2c2nnc(SC)s2)c1. The number of ether oxygens (including phenoxy) is 1. The molecule has 1 aliphatic rings. The van der Waals surface area contributed by atoms with Gasteiger partial charge in [-0.25, -0.2) is 0 Å². The third-order valence-electron chi connectivity index (χ3n) is 4.68. The summed E-state index contributed by atoms with van der Waals surface area (Å²) in [5.74, 6) is -1.20. The highest BCUT2D eigenvalue weighted by atomic mass is 32.2. The number of benzene rings is 2. The molecule has 1 aliphatic heterocycles. The third-order valence-corrected chi connectivity index (χ3v) is 6.58. The van der Waals surface area contributed by atoms with Crippen LogP contribution in [0.1, 0.15) is 17.2 Å². The smallest absolute Gasteiger partial charge is 0.301 e. The summed E-state index contributed by atoms with van der Waals surface area (Å²) in [7, 11) is 1.54. The summed E-state index contributed by atoms with van der Waals surface area (Å²) < 4.78 is 5.98. The number of carbonyl (C=O) groups is 2. The van der Waals surface area contributed by atoms with E-state index >= 15 is 0 Å². The highest BCUT2D eigenvalue weighted by molar-refractivity contribution is 8.00. The van der Waals surface area contributed by atoms with Crippen LogP contribution in [0, 0.1) is 0 Å². The van der Waals surface area contributed by atoms with Gasteiger partial charge in [-0.3, -0.25) is 14.5 Å². The number of rotatable bonds is 5. The average molecular weight is 440 g/mol. The Kier molecular flexibility index (Phi) is 5.56. The molecule has 9 heteroatoms. The fourth-order valence-electron chi connectivity index (χ4n) is 3.29. The van der Waals surface area contributed by atoms with E-state index in [1.54, 1.807) is 54.6 Å². The Morgan fingerprint density at radius 3 is 2.57 bits per heavy atom. The molecule has 1 fully saturated rings. The average Bonchev–Trinajstić information content (AvgIpc) is 3.36. The number of hydrogen-bond acceptors (Lipinski definition) is 8. The lowest BCUT2D eigenvalue weighted by Crippen LogP contribution is -2.29. The fraction of sp³-hybridized carbons (Fsp3) is 0.143. The Bertz CT molecular complexity index is 1140. The second kappa shape index (κ2) is 8.29. The molecule has 1 amide bonds. The number of hydrogen-bond donors (Lipinski definition) is 1. The molecule has 4 rings (SSSR count). The lowest BCUT2D eigenvalue weighted by atomic mass is 9.95. The maximum Gasteiger partial charge on any atom is 0.301 e. The molecule has 0 saturated carbocycles. The fourth-order valence-corrected chi connectivity index (χ4v) is 4.58. The van der Waals surface area contributed by atoms with E-state index in [4.69, 9.17) is 4.74 Å². The van der Waals surface area contributed by atoms with Crippen LogP contribution >= 0.6 is 23.1 Å². The van der Waals surface area contributed by atoms with Gasteiger partial charge in [0.25, 0.3) is 5.78 Å². The van der Waals surface area contributed by atoms with Crippen LogP contribution in [0.3, 0.4) is 0 Å². The summed E-state index contributed by atoms with van der Waals surface area (Å²) in [6.45, 7) is 0. The first-order valence-electron chi connectivity index (χ1n) is 8.93. The lowest BCUT2D eigenvalue weighted by molar-refractivity contribution is -0.132. The summed E-state index contributed by atoms with van der Waals surface area (Å²) in [5, 5.41) is 19.4. The summed E-state index contributed by atoms with van der Waals surface area (Å²) in [6.07, 6.45) is 1.85. The third kappa shape index (κ3) is 3.46. The zero-order valence-electron chi connectivity index (χ0n) is 16.1. The maximum absolute atomic E-state index is 13.0. The van der Waals surface area contributed by atoms with Gasteiger partial charge in [0.2, 0.25) is 5.13 Å². The molecule has 0 spiro atoms. The molecule has 0 unspecified atom stereocenters. The van der Waals surface area contributed by atoms with Gasteiger partial charge in [0.15, 0.2) is 4.34 Å². The number of aromatic nitrogens is 2. The van der Waals surface area contributed by atoms with Crippen molar-refractivity contribution in [3.8, 4) is 5.75 Å². The molecule has 2 aromatic carbocycles. The normalized spacial score (nSPS) is 18.1.